The Labute approximate surface area is 182 Å². The summed E-state index contributed by atoms with van der Waals surface area (Å²) < 4.78 is 5.30. The first-order valence-electron chi connectivity index (χ1n) is 10.4. The maximum absolute atomic E-state index is 12.6. The van der Waals surface area contributed by atoms with Crippen molar-refractivity contribution < 1.29 is 19.1 Å². The average Bonchev–Trinajstić information content (AvgIpc) is 2.82. The second-order valence-electron chi connectivity index (χ2n) is 7.23. The van der Waals surface area contributed by atoms with Crippen molar-refractivity contribution in [3.05, 3.63) is 65.7 Å². The molecule has 1 heterocycles. The molecule has 1 aliphatic heterocycles. The van der Waals surface area contributed by atoms with Crippen LogP contribution in [0.15, 0.2) is 54.6 Å². The van der Waals surface area contributed by atoms with E-state index in [2.05, 4.69) is 20.9 Å². The number of para-hydroxylation sites is 1. The number of benzene rings is 2. The number of nitrogens with one attached hydrogen (secondary N) is 3. The van der Waals surface area contributed by atoms with Gasteiger partial charge >= 0.3 is 11.8 Å². The largest absolute Gasteiger partial charge is 0.379 e. The highest BCUT2D eigenvalue weighted by molar-refractivity contribution is 6.40. The van der Waals surface area contributed by atoms with Crippen molar-refractivity contribution in [2.24, 2.45) is 0 Å². The van der Waals surface area contributed by atoms with Gasteiger partial charge in [0.2, 0.25) is 0 Å². The third-order valence-corrected chi connectivity index (χ3v) is 4.96. The van der Waals surface area contributed by atoms with Crippen molar-refractivity contribution >= 4 is 23.4 Å². The van der Waals surface area contributed by atoms with Crippen molar-refractivity contribution in [2.45, 2.75) is 13.0 Å². The quantitative estimate of drug-likeness (QED) is 0.439. The summed E-state index contributed by atoms with van der Waals surface area (Å²) in [5.41, 5.74) is 1.56. The van der Waals surface area contributed by atoms with E-state index in [-0.39, 0.29) is 5.91 Å². The van der Waals surface area contributed by atoms with Gasteiger partial charge < -0.3 is 20.7 Å². The van der Waals surface area contributed by atoms with Gasteiger partial charge in [-0.05, 0) is 30.7 Å². The molecule has 164 valence electrons. The molecule has 3 amide bonds. The van der Waals surface area contributed by atoms with E-state index in [1.165, 1.54) is 0 Å². The van der Waals surface area contributed by atoms with Crippen LogP contribution in [-0.2, 0) is 20.9 Å². The first-order chi connectivity index (χ1) is 15.1. The van der Waals surface area contributed by atoms with E-state index in [1.807, 2.05) is 30.3 Å². The SMILES string of the molecule is O=C(NCCCN1CCOCC1)C(=O)Nc1ccccc1C(=O)NCc1ccccc1. The third kappa shape index (κ3) is 7.20. The van der Waals surface area contributed by atoms with Gasteiger partial charge in [0.25, 0.3) is 5.91 Å². The van der Waals surface area contributed by atoms with Gasteiger partial charge in [0.15, 0.2) is 0 Å². The van der Waals surface area contributed by atoms with Crippen LogP contribution in [0.25, 0.3) is 0 Å². The molecule has 8 heteroatoms. The standard InChI is InChI=1S/C23H28N4O4/c28-21(25-17-18-7-2-1-3-8-18)19-9-4-5-10-20(19)26-23(30)22(29)24-11-6-12-27-13-15-31-16-14-27/h1-5,7-10H,6,11-17H2,(H,24,29)(H,25,28)(H,26,30). The van der Waals surface area contributed by atoms with E-state index in [0.29, 0.717) is 24.3 Å². The van der Waals surface area contributed by atoms with Gasteiger partial charge in [-0.3, -0.25) is 19.3 Å². The summed E-state index contributed by atoms with van der Waals surface area (Å²) in [6.07, 6.45) is 0.748. The Bertz CT molecular complexity index is 882. The predicted octanol–water partition coefficient (Wildman–Crippen LogP) is 1.39. The van der Waals surface area contributed by atoms with Crippen LogP contribution >= 0.6 is 0 Å². The summed E-state index contributed by atoms with van der Waals surface area (Å²) in [4.78, 5) is 39.3. The zero-order valence-electron chi connectivity index (χ0n) is 17.4. The fraction of sp³-hybridized carbons (Fsp3) is 0.348. The number of amides is 3. The molecule has 0 bridgehead atoms. The van der Waals surface area contributed by atoms with Gasteiger partial charge in [0.1, 0.15) is 0 Å². The van der Waals surface area contributed by atoms with Crippen LogP contribution in [0.2, 0.25) is 0 Å². The molecule has 0 aliphatic carbocycles. The fourth-order valence-corrected chi connectivity index (χ4v) is 3.25. The Morgan fingerprint density at radius 2 is 1.58 bits per heavy atom. The van der Waals surface area contributed by atoms with Crippen LogP contribution in [-0.4, -0.2) is 62.0 Å². The highest BCUT2D eigenvalue weighted by atomic mass is 16.5. The summed E-state index contributed by atoms with van der Waals surface area (Å²) in [6.45, 7) is 4.85. The maximum Gasteiger partial charge on any atom is 0.313 e. The number of carbonyl (C=O) groups is 3. The normalized spacial score (nSPS) is 13.9. The van der Waals surface area contributed by atoms with Crippen molar-refractivity contribution in [1.82, 2.24) is 15.5 Å². The zero-order valence-corrected chi connectivity index (χ0v) is 17.4. The highest BCUT2D eigenvalue weighted by Crippen LogP contribution is 2.15. The Morgan fingerprint density at radius 3 is 2.35 bits per heavy atom. The van der Waals surface area contributed by atoms with Crippen LogP contribution in [0.3, 0.4) is 0 Å². The summed E-state index contributed by atoms with van der Waals surface area (Å²) in [7, 11) is 0. The van der Waals surface area contributed by atoms with Gasteiger partial charge in [0, 0.05) is 26.2 Å². The lowest BCUT2D eigenvalue weighted by atomic mass is 10.1. The Morgan fingerprint density at radius 1 is 0.871 bits per heavy atom. The summed E-state index contributed by atoms with van der Waals surface area (Å²) in [6, 6.07) is 16.1. The molecule has 0 radical (unpaired) electrons. The molecular formula is C23H28N4O4. The van der Waals surface area contributed by atoms with Gasteiger partial charge in [-0.2, -0.15) is 0 Å². The van der Waals surface area contributed by atoms with E-state index in [0.717, 1.165) is 44.8 Å². The second kappa shape index (κ2) is 11.8. The number of rotatable bonds is 8. The molecule has 0 spiro atoms. The minimum absolute atomic E-state index is 0.293. The molecule has 2 aromatic rings. The monoisotopic (exact) mass is 424 g/mol. The molecule has 0 aromatic heterocycles. The molecule has 8 nitrogen and oxygen atoms in total. The Balaban J connectivity index is 1.46. The van der Waals surface area contributed by atoms with E-state index in [1.54, 1.807) is 24.3 Å². The van der Waals surface area contributed by atoms with Gasteiger partial charge in [-0.15, -0.1) is 0 Å². The van der Waals surface area contributed by atoms with Crippen molar-refractivity contribution in [2.75, 3.05) is 44.7 Å². The first-order valence-corrected chi connectivity index (χ1v) is 10.4. The molecule has 0 atom stereocenters. The van der Waals surface area contributed by atoms with E-state index >= 15 is 0 Å². The molecule has 3 rings (SSSR count). The number of carbonyl (C=O) groups excluding carboxylic acids is 3. The average molecular weight is 425 g/mol. The minimum Gasteiger partial charge on any atom is -0.379 e. The van der Waals surface area contributed by atoms with Crippen LogP contribution in [0.4, 0.5) is 5.69 Å². The van der Waals surface area contributed by atoms with Crippen molar-refractivity contribution in [3.63, 3.8) is 0 Å². The molecule has 31 heavy (non-hydrogen) atoms. The lowest BCUT2D eigenvalue weighted by Gasteiger charge is -2.26. The number of hydrogen-bond acceptors (Lipinski definition) is 5. The highest BCUT2D eigenvalue weighted by Gasteiger charge is 2.18. The van der Waals surface area contributed by atoms with Crippen molar-refractivity contribution in [1.29, 1.82) is 0 Å². The molecule has 3 N–H and O–H groups in total. The predicted molar refractivity (Wildman–Crippen MR) is 118 cm³/mol. The van der Waals surface area contributed by atoms with Gasteiger partial charge in [0.05, 0.1) is 24.5 Å². The molecule has 1 saturated heterocycles. The number of nitrogens with zero attached hydrogens (tertiary/aromatic N) is 1. The molecule has 1 aliphatic rings. The summed E-state index contributed by atoms with van der Waals surface area (Å²) in [5.74, 6) is -1.85. The summed E-state index contributed by atoms with van der Waals surface area (Å²) >= 11 is 0. The number of morpholine rings is 1. The van der Waals surface area contributed by atoms with Crippen LogP contribution < -0.4 is 16.0 Å². The topological polar surface area (TPSA) is 99.8 Å². The molecule has 1 fully saturated rings. The maximum atomic E-state index is 12.6. The minimum atomic E-state index is -0.797. The van der Waals surface area contributed by atoms with Crippen LogP contribution in [0.5, 0.6) is 0 Å². The fourth-order valence-electron chi connectivity index (χ4n) is 3.25. The zero-order chi connectivity index (χ0) is 21.9. The van der Waals surface area contributed by atoms with E-state index in [9.17, 15) is 14.4 Å². The van der Waals surface area contributed by atoms with E-state index < -0.39 is 11.8 Å². The van der Waals surface area contributed by atoms with Crippen molar-refractivity contribution in [3.8, 4) is 0 Å². The Hall–Kier alpha value is -3.23. The summed E-state index contributed by atoms with van der Waals surface area (Å²) in [5, 5.41) is 8.00. The molecule has 0 unspecified atom stereocenters. The van der Waals surface area contributed by atoms with Crippen LogP contribution in [0.1, 0.15) is 22.3 Å². The lowest BCUT2D eigenvalue weighted by molar-refractivity contribution is -0.136. The first kappa shape index (κ1) is 22.5. The lowest BCUT2D eigenvalue weighted by Crippen LogP contribution is -2.40. The van der Waals surface area contributed by atoms with Crippen LogP contribution in [0, 0.1) is 0 Å². The molecular weight excluding hydrogens is 396 g/mol. The van der Waals surface area contributed by atoms with E-state index in [4.69, 9.17) is 4.74 Å². The smallest absolute Gasteiger partial charge is 0.313 e. The molecule has 2 aromatic carbocycles. The number of anilines is 1. The van der Waals surface area contributed by atoms with Gasteiger partial charge in [-0.1, -0.05) is 42.5 Å². The third-order valence-electron chi connectivity index (χ3n) is 4.96. The Kier molecular flexibility index (Phi) is 8.57. The number of hydrogen-bond donors (Lipinski definition) is 3. The second-order valence-corrected chi connectivity index (χ2v) is 7.23. The number of ether oxygens (including phenoxy) is 1. The van der Waals surface area contributed by atoms with Gasteiger partial charge in [-0.25, -0.2) is 0 Å². The molecule has 0 saturated carbocycles.